The Morgan fingerprint density at radius 1 is 1.29 bits per heavy atom. The van der Waals surface area contributed by atoms with Crippen molar-refractivity contribution < 1.29 is 18.6 Å². The van der Waals surface area contributed by atoms with Gasteiger partial charge in [-0.25, -0.2) is 8.78 Å². The molecule has 0 aliphatic rings. The fraction of sp³-hybridized carbons (Fsp3) is 0.500. The van der Waals surface area contributed by atoms with E-state index >= 15 is 0 Å². The summed E-state index contributed by atoms with van der Waals surface area (Å²) in [6.45, 7) is 3.22. The molecule has 0 radical (unpaired) electrons. The summed E-state index contributed by atoms with van der Waals surface area (Å²) in [6.07, 6.45) is 0.274. The molecule has 0 bridgehead atoms. The lowest BCUT2D eigenvalue weighted by Gasteiger charge is -2.13. The van der Waals surface area contributed by atoms with E-state index in [0.717, 1.165) is 31.2 Å². The minimum Gasteiger partial charge on any atom is -0.491 e. The third-order valence-corrected chi connectivity index (χ3v) is 2.09. The first kappa shape index (κ1) is 13.9. The van der Waals surface area contributed by atoms with E-state index in [1.807, 2.05) is 6.92 Å². The van der Waals surface area contributed by atoms with Gasteiger partial charge in [-0.3, -0.25) is 0 Å². The zero-order chi connectivity index (χ0) is 12.7. The maximum atomic E-state index is 12.8. The Balaban J connectivity index is 2.34. The van der Waals surface area contributed by atoms with E-state index in [1.54, 1.807) is 0 Å². The van der Waals surface area contributed by atoms with Crippen LogP contribution in [-0.2, 0) is 0 Å². The van der Waals surface area contributed by atoms with Gasteiger partial charge in [-0.1, -0.05) is 6.92 Å². The van der Waals surface area contributed by atoms with Gasteiger partial charge in [0.05, 0.1) is 0 Å². The number of aliphatic hydroxyl groups is 1. The van der Waals surface area contributed by atoms with E-state index in [9.17, 15) is 13.9 Å². The lowest BCUT2D eigenvalue weighted by molar-refractivity contribution is 0.106. The summed E-state index contributed by atoms with van der Waals surface area (Å²) >= 11 is 0. The Bertz CT molecular complexity index is 327. The number of rotatable bonds is 7. The van der Waals surface area contributed by atoms with Crippen LogP contribution in [0, 0.1) is 11.6 Å². The second kappa shape index (κ2) is 7.19. The first-order chi connectivity index (χ1) is 8.11. The monoisotopic (exact) mass is 245 g/mol. The van der Waals surface area contributed by atoms with Crippen molar-refractivity contribution in [3.05, 3.63) is 29.8 Å². The van der Waals surface area contributed by atoms with Crippen molar-refractivity contribution in [3.8, 4) is 5.75 Å². The van der Waals surface area contributed by atoms with Crippen LogP contribution in [0.3, 0.4) is 0 Å². The van der Waals surface area contributed by atoms with Crippen LogP contribution in [0.5, 0.6) is 5.75 Å². The summed E-state index contributed by atoms with van der Waals surface area (Å²) in [5, 5.41) is 12.5. The molecule has 96 valence electrons. The number of benzene rings is 1. The molecular formula is C12H17F2NO2. The normalized spacial score (nSPS) is 12.5. The Labute approximate surface area is 99.4 Å². The Morgan fingerprint density at radius 2 is 1.94 bits per heavy atom. The molecule has 0 saturated carbocycles. The molecule has 1 atom stereocenters. The second-order valence-corrected chi connectivity index (χ2v) is 3.77. The molecule has 1 unspecified atom stereocenters. The summed E-state index contributed by atoms with van der Waals surface area (Å²) in [4.78, 5) is 0. The van der Waals surface area contributed by atoms with E-state index in [2.05, 4.69) is 5.32 Å². The van der Waals surface area contributed by atoms with Crippen molar-refractivity contribution in [3.63, 3.8) is 0 Å². The Morgan fingerprint density at radius 3 is 2.53 bits per heavy atom. The summed E-state index contributed by atoms with van der Waals surface area (Å²) < 4.78 is 30.7. The summed E-state index contributed by atoms with van der Waals surface area (Å²) in [5.74, 6) is -1.31. The zero-order valence-corrected chi connectivity index (χ0v) is 9.75. The number of hydrogen-bond acceptors (Lipinski definition) is 3. The molecule has 0 saturated heterocycles. The van der Waals surface area contributed by atoms with Gasteiger partial charge in [-0.2, -0.15) is 0 Å². The molecule has 0 aromatic heterocycles. The maximum absolute atomic E-state index is 12.8. The molecule has 17 heavy (non-hydrogen) atoms. The molecule has 1 aromatic rings. The SMILES string of the molecule is CCCNCC(O)COc1cc(F)cc(F)c1. The third-order valence-electron chi connectivity index (χ3n) is 2.09. The van der Waals surface area contributed by atoms with Crippen LogP contribution in [0.4, 0.5) is 8.78 Å². The van der Waals surface area contributed by atoms with Crippen LogP contribution in [0.2, 0.25) is 0 Å². The van der Waals surface area contributed by atoms with Gasteiger partial charge in [0.25, 0.3) is 0 Å². The molecule has 2 N–H and O–H groups in total. The number of halogens is 2. The number of hydrogen-bond donors (Lipinski definition) is 2. The first-order valence-corrected chi connectivity index (χ1v) is 5.59. The van der Waals surface area contributed by atoms with Gasteiger partial charge in [0.2, 0.25) is 0 Å². The molecular weight excluding hydrogens is 228 g/mol. The van der Waals surface area contributed by atoms with Crippen molar-refractivity contribution in [2.45, 2.75) is 19.4 Å². The van der Waals surface area contributed by atoms with Crippen molar-refractivity contribution in [1.82, 2.24) is 5.32 Å². The van der Waals surface area contributed by atoms with E-state index in [0.29, 0.717) is 6.54 Å². The molecule has 0 spiro atoms. The lowest BCUT2D eigenvalue weighted by atomic mass is 10.3. The average Bonchev–Trinajstić information content (AvgIpc) is 2.25. The highest BCUT2D eigenvalue weighted by atomic mass is 19.1. The molecule has 0 heterocycles. The standard InChI is InChI=1S/C12H17F2NO2/c1-2-3-15-7-11(16)8-17-12-5-9(13)4-10(14)6-12/h4-6,11,15-16H,2-3,7-8H2,1H3. The molecule has 1 aromatic carbocycles. The Hall–Kier alpha value is -1.20. The number of aliphatic hydroxyl groups excluding tert-OH is 1. The van der Waals surface area contributed by atoms with Gasteiger partial charge in [0.15, 0.2) is 0 Å². The molecule has 1 rings (SSSR count). The minimum absolute atomic E-state index is 0.000389. The molecule has 0 amide bonds. The highest BCUT2D eigenvalue weighted by molar-refractivity contribution is 5.23. The minimum atomic E-state index is -0.701. The van der Waals surface area contributed by atoms with Crippen molar-refractivity contribution in [2.24, 2.45) is 0 Å². The summed E-state index contributed by atoms with van der Waals surface area (Å²) in [7, 11) is 0. The molecule has 0 aliphatic carbocycles. The number of nitrogens with one attached hydrogen (secondary N) is 1. The Kier molecular flexibility index (Phi) is 5.86. The smallest absolute Gasteiger partial charge is 0.129 e. The lowest BCUT2D eigenvalue weighted by Crippen LogP contribution is -2.31. The second-order valence-electron chi connectivity index (χ2n) is 3.77. The van der Waals surface area contributed by atoms with E-state index in [-0.39, 0.29) is 12.4 Å². The quantitative estimate of drug-likeness (QED) is 0.718. The van der Waals surface area contributed by atoms with E-state index in [1.165, 1.54) is 0 Å². The topological polar surface area (TPSA) is 41.5 Å². The fourth-order valence-electron chi connectivity index (χ4n) is 1.31. The van der Waals surface area contributed by atoms with Gasteiger partial charge in [-0.05, 0) is 13.0 Å². The van der Waals surface area contributed by atoms with Gasteiger partial charge in [0, 0.05) is 24.7 Å². The molecule has 5 heteroatoms. The van der Waals surface area contributed by atoms with Gasteiger partial charge < -0.3 is 15.2 Å². The summed E-state index contributed by atoms with van der Waals surface area (Å²) in [6, 6.07) is 2.93. The van der Waals surface area contributed by atoms with Crippen molar-refractivity contribution in [2.75, 3.05) is 19.7 Å². The van der Waals surface area contributed by atoms with Crippen molar-refractivity contribution >= 4 is 0 Å². The molecule has 0 fully saturated rings. The maximum Gasteiger partial charge on any atom is 0.129 e. The van der Waals surface area contributed by atoms with Crippen LogP contribution in [-0.4, -0.2) is 30.9 Å². The largest absolute Gasteiger partial charge is 0.491 e. The summed E-state index contributed by atoms with van der Waals surface area (Å²) in [5.41, 5.74) is 0. The first-order valence-electron chi connectivity index (χ1n) is 5.59. The van der Waals surface area contributed by atoms with E-state index in [4.69, 9.17) is 4.74 Å². The highest BCUT2D eigenvalue weighted by Gasteiger charge is 2.06. The fourth-order valence-corrected chi connectivity index (χ4v) is 1.31. The predicted molar refractivity (Wildman–Crippen MR) is 61.0 cm³/mol. The highest BCUT2D eigenvalue weighted by Crippen LogP contribution is 2.15. The van der Waals surface area contributed by atoms with E-state index < -0.39 is 17.7 Å². The predicted octanol–water partition coefficient (Wildman–Crippen LogP) is 1.70. The molecule has 3 nitrogen and oxygen atoms in total. The van der Waals surface area contributed by atoms with Crippen LogP contribution < -0.4 is 10.1 Å². The zero-order valence-electron chi connectivity index (χ0n) is 9.75. The van der Waals surface area contributed by atoms with Crippen LogP contribution in [0.1, 0.15) is 13.3 Å². The third kappa shape index (κ3) is 5.60. The van der Waals surface area contributed by atoms with Gasteiger partial charge in [-0.15, -0.1) is 0 Å². The van der Waals surface area contributed by atoms with Crippen LogP contribution in [0.25, 0.3) is 0 Å². The average molecular weight is 245 g/mol. The van der Waals surface area contributed by atoms with Crippen LogP contribution >= 0.6 is 0 Å². The van der Waals surface area contributed by atoms with Crippen LogP contribution in [0.15, 0.2) is 18.2 Å². The number of ether oxygens (including phenoxy) is 1. The van der Waals surface area contributed by atoms with Gasteiger partial charge >= 0.3 is 0 Å². The van der Waals surface area contributed by atoms with Gasteiger partial charge in [0.1, 0.15) is 30.1 Å². The molecule has 0 aliphatic heterocycles. The van der Waals surface area contributed by atoms with Crippen molar-refractivity contribution in [1.29, 1.82) is 0 Å².